The van der Waals surface area contributed by atoms with Crippen molar-refractivity contribution >= 4 is 17.6 Å². The Kier molecular flexibility index (Phi) is 4.78. The van der Waals surface area contributed by atoms with Gasteiger partial charge in [0, 0.05) is 11.6 Å². The number of carbonyl (C=O) groups excluding carboxylic acids is 1. The van der Waals surface area contributed by atoms with Gasteiger partial charge in [0.2, 0.25) is 0 Å². The number of urea groups is 1. The Morgan fingerprint density at radius 1 is 1.47 bits per heavy atom. The van der Waals surface area contributed by atoms with Gasteiger partial charge in [0.05, 0.1) is 12.1 Å². The van der Waals surface area contributed by atoms with E-state index in [-0.39, 0.29) is 19.2 Å². The predicted molar refractivity (Wildman–Crippen MR) is 68.1 cm³/mol. The molecule has 0 unspecified atom stereocenters. The quantitative estimate of drug-likeness (QED) is 0.770. The summed E-state index contributed by atoms with van der Waals surface area (Å²) in [6.45, 7) is 3.93. The summed E-state index contributed by atoms with van der Waals surface area (Å²) in [5.41, 5.74) is 0.397. The van der Waals surface area contributed by atoms with Gasteiger partial charge in [0.15, 0.2) is 0 Å². The fourth-order valence-corrected chi connectivity index (χ4v) is 1.64. The minimum atomic E-state index is -0.523. The van der Waals surface area contributed by atoms with Crippen LogP contribution in [-0.2, 0) is 5.54 Å². The number of aliphatic hydroxyl groups is 1. The number of aliphatic hydroxyl groups excluding tert-OH is 1. The summed E-state index contributed by atoms with van der Waals surface area (Å²) in [7, 11) is 0. The molecule has 2 amide bonds. The molecule has 3 N–H and O–H groups in total. The van der Waals surface area contributed by atoms with Gasteiger partial charge in [-0.15, -0.1) is 0 Å². The molecule has 0 radical (unpaired) electrons. The summed E-state index contributed by atoms with van der Waals surface area (Å²) in [6.07, 6.45) is 0. The van der Waals surface area contributed by atoms with Crippen LogP contribution in [0, 0.1) is 0 Å². The van der Waals surface area contributed by atoms with Gasteiger partial charge in [-0.25, -0.2) is 4.79 Å². The first-order valence-corrected chi connectivity index (χ1v) is 5.76. The SMILES string of the molecule is CC(C)(NC(=O)NCCO)c1cccc(Cl)c1. The van der Waals surface area contributed by atoms with Crippen LogP contribution in [0.4, 0.5) is 4.79 Å². The maximum Gasteiger partial charge on any atom is 0.315 e. The first kappa shape index (κ1) is 13.8. The Bertz CT molecular complexity index is 394. The van der Waals surface area contributed by atoms with E-state index in [1.54, 1.807) is 6.07 Å². The molecule has 0 fully saturated rings. The van der Waals surface area contributed by atoms with Crippen molar-refractivity contribution in [2.45, 2.75) is 19.4 Å². The highest BCUT2D eigenvalue weighted by Crippen LogP contribution is 2.22. The fraction of sp³-hybridized carbons (Fsp3) is 0.417. The van der Waals surface area contributed by atoms with Gasteiger partial charge in [0.1, 0.15) is 0 Å². The average Bonchev–Trinajstić information content (AvgIpc) is 2.26. The van der Waals surface area contributed by atoms with E-state index in [0.29, 0.717) is 5.02 Å². The number of hydrogen-bond donors (Lipinski definition) is 3. The van der Waals surface area contributed by atoms with Crippen molar-refractivity contribution in [3.63, 3.8) is 0 Å². The second-order valence-electron chi connectivity index (χ2n) is 4.24. The van der Waals surface area contributed by atoms with Crippen molar-refractivity contribution in [2.24, 2.45) is 0 Å². The highest BCUT2D eigenvalue weighted by molar-refractivity contribution is 6.30. The normalized spacial score (nSPS) is 11.1. The lowest BCUT2D eigenvalue weighted by atomic mass is 9.94. The summed E-state index contributed by atoms with van der Waals surface area (Å²) in [6, 6.07) is 7.02. The van der Waals surface area contributed by atoms with Gasteiger partial charge in [-0.2, -0.15) is 0 Å². The molecule has 4 nitrogen and oxygen atoms in total. The van der Waals surface area contributed by atoms with Crippen LogP contribution in [0.15, 0.2) is 24.3 Å². The van der Waals surface area contributed by atoms with Crippen molar-refractivity contribution in [1.29, 1.82) is 0 Å². The number of halogens is 1. The standard InChI is InChI=1S/C12H17ClN2O2/c1-12(2,15-11(17)14-6-7-16)9-4-3-5-10(13)8-9/h3-5,8,16H,6-7H2,1-2H3,(H2,14,15,17). The van der Waals surface area contributed by atoms with Gasteiger partial charge in [-0.3, -0.25) is 0 Å². The fourth-order valence-electron chi connectivity index (χ4n) is 1.45. The van der Waals surface area contributed by atoms with Crippen molar-refractivity contribution in [3.05, 3.63) is 34.9 Å². The Morgan fingerprint density at radius 2 is 2.18 bits per heavy atom. The molecule has 0 aromatic heterocycles. The highest BCUT2D eigenvalue weighted by atomic mass is 35.5. The number of nitrogens with one attached hydrogen (secondary N) is 2. The number of hydrogen-bond acceptors (Lipinski definition) is 2. The Balaban J connectivity index is 2.71. The van der Waals surface area contributed by atoms with E-state index in [9.17, 15) is 4.79 Å². The second-order valence-corrected chi connectivity index (χ2v) is 4.68. The van der Waals surface area contributed by atoms with Crippen LogP contribution < -0.4 is 10.6 Å². The third-order valence-electron chi connectivity index (χ3n) is 2.37. The van der Waals surface area contributed by atoms with E-state index in [1.165, 1.54) is 0 Å². The molecule has 1 rings (SSSR count). The van der Waals surface area contributed by atoms with Crippen LogP contribution in [-0.4, -0.2) is 24.3 Å². The third kappa shape index (κ3) is 4.24. The average molecular weight is 257 g/mol. The second kappa shape index (κ2) is 5.89. The van der Waals surface area contributed by atoms with Gasteiger partial charge in [-0.05, 0) is 31.5 Å². The van der Waals surface area contributed by atoms with Crippen LogP contribution in [0.1, 0.15) is 19.4 Å². The molecule has 94 valence electrons. The molecule has 5 heteroatoms. The largest absolute Gasteiger partial charge is 0.395 e. The van der Waals surface area contributed by atoms with Crippen LogP contribution >= 0.6 is 11.6 Å². The molecule has 0 bridgehead atoms. The van der Waals surface area contributed by atoms with Crippen LogP contribution in [0.5, 0.6) is 0 Å². The third-order valence-corrected chi connectivity index (χ3v) is 2.60. The minimum Gasteiger partial charge on any atom is -0.395 e. The zero-order chi connectivity index (χ0) is 12.9. The molecule has 17 heavy (non-hydrogen) atoms. The van der Waals surface area contributed by atoms with E-state index in [1.807, 2.05) is 32.0 Å². The molecule has 0 saturated carbocycles. The Hall–Kier alpha value is -1.26. The lowest BCUT2D eigenvalue weighted by molar-refractivity contribution is 0.224. The van der Waals surface area contributed by atoms with Crippen molar-refractivity contribution in [3.8, 4) is 0 Å². The molecule has 0 saturated heterocycles. The molecule has 0 spiro atoms. The summed E-state index contributed by atoms with van der Waals surface area (Å²) < 4.78 is 0. The molecular weight excluding hydrogens is 240 g/mol. The molecule has 0 aliphatic rings. The molecule has 0 atom stereocenters. The Morgan fingerprint density at radius 3 is 2.76 bits per heavy atom. The van der Waals surface area contributed by atoms with Crippen molar-refractivity contribution < 1.29 is 9.90 Å². The molecule has 0 aliphatic heterocycles. The number of rotatable bonds is 4. The number of amides is 2. The smallest absolute Gasteiger partial charge is 0.315 e. The minimum absolute atomic E-state index is 0.0784. The Labute approximate surface area is 106 Å². The molecule has 0 heterocycles. The van der Waals surface area contributed by atoms with Crippen molar-refractivity contribution in [1.82, 2.24) is 10.6 Å². The van der Waals surface area contributed by atoms with Crippen LogP contribution in [0.2, 0.25) is 5.02 Å². The maximum absolute atomic E-state index is 11.5. The van der Waals surface area contributed by atoms with Crippen LogP contribution in [0.3, 0.4) is 0 Å². The summed E-state index contributed by atoms with van der Waals surface area (Å²) in [4.78, 5) is 11.5. The molecule has 1 aromatic rings. The summed E-state index contributed by atoms with van der Waals surface area (Å²) in [5, 5.41) is 14.6. The van der Waals surface area contributed by atoms with E-state index in [2.05, 4.69) is 10.6 Å². The lowest BCUT2D eigenvalue weighted by Crippen LogP contribution is -2.47. The first-order valence-electron chi connectivity index (χ1n) is 5.38. The van der Waals surface area contributed by atoms with Gasteiger partial charge in [-0.1, -0.05) is 23.7 Å². The first-order chi connectivity index (χ1) is 7.95. The van der Waals surface area contributed by atoms with E-state index in [0.717, 1.165) is 5.56 Å². The van der Waals surface area contributed by atoms with Gasteiger partial charge < -0.3 is 15.7 Å². The number of carbonyl (C=O) groups is 1. The van der Waals surface area contributed by atoms with Gasteiger partial charge in [0.25, 0.3) is 0 Å². The van der Waals surface area contributed by atoms with Crippen LogP contribution in [0.25, 0.3) is 0 Å². The summed E-state index contributed by atoms with van der Waals surface area (Å²) in [5.74, 6) is 0. The van der Waals surface area contributed by atoms with E-state index in [4.69, 9.17) is 16.7 Å². The monoisotopic (exact) mass is 256 g/mol. The van der Waals surface area contributed by atoms with Gasteiger partial charge >= 0.3 is 6.03 Å². The lowest BCUT2D eigenvalue weighted by Gasteiger charge is -2.27. The molecule has 0 aliphatic carbocycles. The van der Waals surface area contributed by atoms with E-state index >= 15 is 0 Å². The molecule has 1 aromatic carbocycles. The van der Waals surface area contributed by atoms with E-state index < -0.39 is 5.54 Å². The zero-order valence-corrected chi connectivity index (χ0v) is 10.7. The highest BCUT2D eigenvalue weighted by Gasteiger charge is 2.22. The van der Waals surface area contributed by atoms with Crippen molar-refractivity contribution in [2.75, 3.05) is 13.2 Å². The topological polar surface area (TPSA) is 61.4 Å². The molecular formula is C12H17ClN2O2. The zero-order valence-electron chi connectivity index (χ0n) is 9.96. The number of benzene rings is 1. The summed E-state index contributed by atoms with van der Waals surface area (Å²) >= 11 is 5.91. The predicted octanol–water partition coefficient (Wildman–Crippen LogP) is 1.87. The maximum atomic E-state index is 11.5.